The molecule has 0 aliphatic heterocycles. The molecule has 0 radical (unpaired) electrons. The molecule has 2 atom stereocenters. The lowest BCUT2D eigenvalue weighted by molar-refractivity contribution is -0.122. The number of rotatable bonds is 4. The van der Waals surface area contributed by atoms with E-state index in [1.807, 2.05) is 0 Å². The quantitative estimate of drug-likeness (QED) is 0.865. The number of hydrogen-bond donors (Lipinski definition) is 1. The van der Waals surface area contributed by atoms with Gasteiger partial charge in [0, 0.05) is 18.4 Å². The van der Waals surface area contributed by atoms with Gasteiger partial charge in [0.05, 0.1) is 0 Å². The number of nitrogens with two attached hydrogens (primary N) is 1. The highest BCUT2D eigenvalue weighted by molar-refractivity contribution is 5.84. The van der Waals surface area contributed by atoms with Crippen LogP contribution in [0.5, 0.6) is 0 Å². The molecule has 2 rings (SSSR count). The second-order valence-electron chi connectivity index (χ2n) is 5.01. The summed E-state index contributed by atoms with van der Waals surface area (Å²) in [5, 5.41) is 0. The maximum Gasteiger partial charge on any atom is 0.141 e. The van der Waals surface area contributed by atoms with E-state index in [-0.39, 0.29) is 12.0 Å². The topological polar surface area (TPSA) is 43.1 Å². The zero-order valence-electron chi connectivity index (χ0n) is 10.5. The Bertz CT molecular complexity index is 382. The minimum absolute atomic E-state index is 0.0948. The van der Waals surface area contributed by atoms with E-state index in [0.29, 0.717) is 12.2 Å². The second kappa shape index (κ2) is 5.46. The molecule has 0 bridgehead atoms. The average molecular weight is 231 g/mol. The van der Waals surface area contributed by atoms with E-state index in [1.54, 1.807) is 0 Å². The number of ketones is 1. The van der Waals surface area contributed by atoms with Gasteiger partial charge in [0.1, 0.15) is 5.78 Å². The van der Waals surface area contributed by atoms with Crippen LogP contribution >= 0.6 is 0 Å². The van der Waals surface area contributed by atoms with Crippen LogP contribution in [0.25, 0.3) is 0 Å². The molecule has 1 aromatic rings. The van der Waals surface area contributed by atoms with Crippen molar-refractivity contribution < 1.29 is 4.79 Å². The molecule has 1 aromatic carbocycles. The molecule has 0 heterocycles. The Morgan fingerprint density at radius 2 is 1.88 bits per heavy atom. The number of aryl methyl sites for hydroxylation is 1. The number of carbonyl (C=O) groups is 1. The summed E-state index contributed by atoms with van der Waals surface area (Å²) in [7, 11) is 0. The van der Waals surface area contributed by atoms with Gasteiger partial charge in [-0.25, -0.2) is 0 Å². The summed E-state index contributed by atoms with van der Waals surface area (Å²) < 4.78 is 0. The number of hydrogen-bond acceptors (Lipinski definition) is 2. The third-order valence-electron chi connectivity index (χ3n) is 3.79. The number of Topliss-reactive ketones (excluding diaryl/α,β-unsaturated/α-hetero) is 1. The van der Waals surface area contributed by atoms with Crippen molar-refractivity contribution in [3.05, 3.63) is 35.4 Å². The van der Waals surface area contributed by atoms with Crippen molar-refractivity contribution in [1.29, 1.82) is 0 Å². The van der Waals surface area contributed by atoms with Gasteiger partial charge >= 0.3 is 0 Å². The first-order valence-corrected chi connectivity index (χ1v) is 6.57. The summed E-state index contributed by atoms with van der Waals surface area (Å²) in [6.45, 7) is 2.14. The Balaban J connectivity index is 1.97. The molecule has 0 spiro atoms. The standard InChI is InChI=1S/C15H21NO/c1-2-11-6-8-12(9-7-11)10-15(17)13-4-3-5-14(13)16/h6-9,13-14H,2-5,10,16H2,1H3. The van der Waals surface area contributed by atoms with Crippen molar-refractivity contribution in [2.45, 2.75) is 45.1 Å². The summed E-state index contributed by atoms with van der Waals surface area (Å²) >= 11 is 0. The van der Waals surface area contributed by atoms with Gasteiger partial charge in [-0.1, -0.05) is 37.6 Å². The molecule has 0 amide bonds. The van der Waals surface area contributed by atoms with Crippen LogP contribution in [0, 0.1) is 5.92 Å². The number of carbonyl (C=O) groups excluding carboxylic acids is 1. The van der Waals surface area contributed by atoms with Crippen LogP contribution < -0.4 is 5.73 Å². The van der Waals surface area contributed by atoms with E-state index < -0.39 is 0 Å². The van der Waals surface area contributed by atoms with Crippen LogP contribution in [0.1, 0.15) is 37.3 Å². The Labute approximate surface area is 103 Å². The lowest BCUT2D eigenvalue weighted by Crippen LogP contribution is -2.31. The third kappa shape index (κ3) is 2.95. The molecule has 2 unspecified atom stereocenters. The fraction of sp³-hybridized carbons (Fsp3) is 0.533. The molecule has 0 aromatic heterocycles. The summed E-state index contributed by atoms with van der Waals surface area (Å²) in [4.78, 5) is 12.1. The molecule has 1 fully saturated rings. The third-order valence-corrected chi connectivity index (χ3v) is 3.79. The van der Waals surface area contributed by atoms with Gasteiger partial charge in [-0.3, -0.25) is 4.79 Å². The van der Waals surface area contributed by atoms with E-state index in [0.717, 1.165) is 31.2 Å². The molecule has 92 valence electrons. The summed E-state index contributed by atoms with van der Waals surface area (Å²) in [6, 6.07) is 8.44. The van der Waals surface area contributed by atoms with Crippen molar-refractivity contribution in [2.24, 2.45) is 11.7 Å². The SMILES string of the molecule is CCc1ccc(CC(=O)C2CCCC2N)cc1. The van der Waals surface area contributed by atoms with E-state index in [4.69, 9.17) is 5.73 Å². The summed E-state index contributed by atoms with van der Waals surface area (Å²) in [5.41, 5.74) is 8.39. The summed E-state index contributed by atoms with van der Waals surface area (Å²) in [5.74, 6) is 0.417. The molecule has 2 nitrogen and oxygen atoms in total. The van der Waals surface area contributed by atoms with Gasteiger partial charge in [0.15, 0.2) is 0 Å². The first-order valence-electron chi connectivity index (χ1n) is 6.57. The first-order chi connectivity index (χ1) is 8.20. The van der Waals surface area contributed by atoms with E-state index >= 15 is 0 Å². The smallest absolute Gasteiger partial charge is 0.141 e. The second-order valence-corrected chi connectivity index (χ2v) is 5.01. The normalized spacial score (nSPS) is 23.9. The first kappa shape index (κ1) is 12.3. The molecule has 1 saturated carbocycles. The molecule has 2 heteroatoms. The zero-order chi connectivity index (χ0) is 12.3. The van der Waals surface area contributed by atoms with Crippen LogP contribution in [-0.2, 0) is 17.6 Å². The highest BCUT2D eigenvalue weighted by atomic mass is 16.1. The van der Waals surface area contributed by atoms with Crippen LogP contribution in [0.2, 0.25) is 0 Å². The molecular weight excluding hydrogens is 210 g/mol. The van der Waals surface area contributed by atoms with E-state index in [2.05, 4.69) is 31.2 Å². The Morgan fingerprint density at radius 1 is 1.24 bits per heavy atom. The zero-order valence-corrected chi connectivity index (χ0v) is 10.5. The van der Waals surface area contributed by atoms with Crippen molar-refractivity contribution in [3.8, 4) is 0 Å². The van der Waals surface area contributed by atoms with Gasteiger partial charge in [-0.2, -0.15) is 0 Å². The van der Waals surface area contributed by atoms with Crippen molar-refractivity contribution in [3.63, 3.8) is 0 Å². The highest BCUT2D eigenvalue weighted by Gasteiger charge is 2.29. The minimum Gasteiger partial charge on any atom is -0.327 e. The Morgan fingerprint density at radius 3 is 2.41 bits per heavy atom. The lowest BCUT2D eigenvalue weighted by Gasteiger charge is -2.13. The van der Waals surface area contributed by atoms with Gasteiger partial charge in [0.2, 0.25) is 0 Å². The minimum atomic E-state index is 0.0948. The molecule has 1 aliphatic carbocycles. The molecule has 17 heavy (non-hydrogen) atoms. The average Bonchev–Trinajstić information content (AvgIpc) is 2.76. The predicted octanol–water partition coefficient (Wildman–Crippen LogP) is 2.49. The Hall–Kier alpha value is -1.15. The van der Waals surface area contributed by atoms with Crippen molar-refractivity contribution in [2.75, 3.05) is 0 Å². The monoisotopic (exact) mass is 231 g/mol. The number of benzene rings is 1. The van der Waals surface area contributed by atoms with Gasteiger partial charge in [-0.15, -0.1) is 0 Å². The van der Waals surface area contributed by atoms with Crippen LogP contribution in [0.4, 0.5) is 0 Å². The highest BCUT2D eigenvalue weighted by Crippen LogP contribution is 2.25. The van der Waals surface area contributed by atoms with Crippen molar-refractivity contribution >= 4 is 5.78 Å². The van der Waals surface area contributed by atoms with Gasteiger partial charge in [0.25, 0.3) is 0 Å². The summed E-state index contributed by atoms with van der Waals surface area (Å²) in [6.07, 6.45) is 4.68. The van der Waals surface area contributed by atoms with Crippen LogP contribution in [-0.4, -0.2) is 11.8 Å². The molecule has 2 N–H and O–H groups in total. The fourth-order valence-electron chi connectivity index (χ4n) is 2.61. The van der Waals surface area contributed by atoms with Crippen LogP contribution in [0.15, 0.2) is 24.3 Å². The van der Waals surface area contributed by atoms with Crippen LogP contribution in [0.3, 0.4) is 0 Å². The van der Waals surface area contributed by atoms with Crippen molar-refractivity contribution in [1.82, 2.24) is 0 Å². The maximum absolute atomic E-state index is 12.1. The van der Waals surface area contributed by atoms with E-state index in [1.165, 1.54) is 5.56 Å². The molecule has 1 aliphatic rings. The van der Waals surface area contributed by atoms with Gasteiger partial charge in [-0.05, 0) is 30.4 Å². The van der Waals surface area contributed by atoms with Gasteiger partial charge < -0.3 is 5.73 Å². The fourth-order valence-corrected chi connectivity index (χ4v) is 2.61. The molecular formula is C15H21NO. The maximum atomic E-state index is 12.1. The lowest BCUT2D eigenvalue weighted by atomic mass is 9.93. The predicted molar refractivity (Wildman–Crippen MR) is 69.8 cm³/mol. The molecule has 0 saturated heterocycles. The van der Waals surface area contributed by atoms with E-state index in [9.17, 15) is 4.79 Å². The Kier molecular flexibility index (Phi) is 3.95. The largest absolute Gasteiger partial charge is 0.327 e.